The van der Waals surface area contributed by atoms with Gasteiger partial charge in [0.25, 0.3) is 0 Å². The minimum atomic E-state index is -0.386. The first-order valence-corrected chi connectivity index (χ1v) is 5.19. The maximum absolute atomic E-state index is 11.9. The van der Waals surface area contributed by atoms with E-state index in [1.54, 1.807) is 0 Å². The third-order valence-corrected chi connectivity index (χ3v) is 2.74. The van der Waals surface area contributed by atoms with Crippen LogP contribution >= 0.6 is 12.4 Å². The normalized spacial score (nSPS) is 19.5. The van der Waals surface area contributed by atoms with E-state index < -0.39 is 0 Å². The number of halogens is 1. The van der Waals surface area contributed by atoms with Crippen molar-refractivity contribution in [3.05, 3.63) is 0 Å². The van der Waals surface area contributed by atoms with Crippen molar-refractivity contribution < 1.29 is 9.53 Å². The van der Waals surface area contributed by atoms with Gasteiger partial charge in [-0.2, -0.15) is 0 Å². The number of carbonyl (C=O) groups excluding carboxylic acids is 1. The monoisotopic (exact) mass is 236 g/mol. The third kappa shape index (κ3) is 3.63. The zero-order chi connectivity index (χ0) is 10.6. The number of carbonyl (C=O) groups is 1. The van der Waals surface area contributed by atoms with Crippen molar-refractivity contribution in [1.82, 2.24) is 5.32 Å². The molecule has 1 fully saturated rings. The lowest BCUT2D eigenvalue weighted by Gasteiger charge is -2.35. The molecule has 0 saturated carbocycles. The topological polar surface area (TPSA) is 64.4 Å². The van der Waals surface area contributed by atoms with E-state index in [2.05, 4.69) is 5.32 Å². The van der Waals surface area contributed by atoms with Crippen LogP contribution in [0.25, 0.3) is 0 Å². The van der Waals surface area contributed by atoms with Crippen LogP contribution in [0.1, 0.15) is 26.7 Å². The number of nitrogens with one attached hydrogen (secondary N) is 1. The van der Waals surface area contributed by atoms with Crippen molar-refractivity contribution in [2.24, 2.45) is 11.1 Å². The first-order chi connectivity index (χ1) is 6.60. The van der Waals surface area contributed by atoms with Gasteiger partial charge in [0.2, 0.25) is 5.91 Å². The summed E-state index contributed by atoms with van der Waals surface area (Å²) in [6.45, 7) is 5.61. The molecule has 0 unspecified atom stereocenters. The largest absolute Gasteiger partial charge is 0.381 e. The fourth-order valence-electron chi connectivity index (χ4n) is 1.70. The van der Waals surface area contributed by atoms with Gasteiger partial charge in [-0.3, -0.25) is 4.79 Å². The number of ether oxygens (including phenoxy) is 1. The third-order valence-electron chi connectivity index (χ3n) is 2.74. The fourth-order valence-corrected chi connectivity index (χ4v) is 1.70. The summed E-state index contributed by atoms with van der Waals surface area (Å²) in [6.07, 6.45) is 1.48. The molecule has 5 heteroatoms. The van der Waals surface area contributed by atoms with E-state index in [9.17, 15) is 4.79 Å². The second-order valence-corrected chi connectivity index (χ2v) is 4.22. The molecule has 90 valence electrons. The molecule has 0 bridgehead atoms. The second kappa shape index (κ2) is 6.30. The van der Waals surface area contributed by atoms with Crippen LogP contribution in [0, 0.1) is 5.41 Å². The molecule has 0 atom stereocenters. The Hall–Kier alpha value is -0.320. The number of amides is 1. The molecule has 3 N–H and O–H groups in total. The molecule has 0 radical (unpaired) electrons. The zero-order valence-electron chi connectivity index (χ0n) is 9.41. The summed E-state index contributed by atoms with van der Waals surface area (Å²) in [7, 11) is 0. The van der Waals surface area contributed by atoms with E-state index in [1.807, 2.05) is 13.8 Å². The molecule has 1 amide bonds. The average molecular weight is 237 g/mol. The van der Waals surface area contributed by atoms with Gasteiger partial charge in [0.15, 0.2) is 0 Å². The van der Waals surface area contributed by atoms with Gasteiger partial charge in [-0.25, -0.2) is 0 Å². The SMILES string of the molecule is CC(C)NC(=O)C1(CN)CCOCC1.Cl. The Labute approximate surface area is 97.3 Å². The van der Waals surface area contributed by atoms with Crippen molar-refractivity contribution in [1.29, 1.82) is 0 Å². The molecule has 0 aromatic rings. The van der Waals surface area contributed by atoms with Crippen LogP contribution < -0.4 is 11.1 Å². The summed E-state index contributed by atoms with van der Waals surface area (Å²) < 4.78 is 5.25. The quantitative estimate of drug-likeness (QED) is 0.758. The van der Waals surface area contributed by atoms with Gasteiger partial charge < -0.3 is 15.8 Å². The molecule has 0 aromatic heterocycles. The molecule has 1 saturated heterocycles. The Bertz CT molecular complexity index is 204. The fraction of sp³-hybridized carbons (Fsp3) is 0.900. The van der Waals surface area contributed by atoms with Gasteiger partial charge in [-0.05, 0) is 26.7 Å². The standard InChI is InChI=1S/C10H20N2O2.ClH/c1-8(2)12-9(13)10(7-11)3-5-14-6-4-10;/h8H,3-7,11H2,1-2H3,(H,12,13);1H. The first kappa shape index (κ1) is 14.7. The van der Waals surface area contributed by atoms with Crippen molar-refractivity contribution in [2.75, 3.05) is 19.8 Å². The van der Waals surface area contributed by atoms with Crippen LogP contribution in [-0.4, -0.2) is 31.7 Å². The summed E-state index contributed by atoms with van der Waals surface area (Å²) in [6, 6.07) is 0.175. The molecule has 0 aliphatic carbocycles. The lowest BCUT2D eigenvalue weighted by atomic mass is 9.79. The maximum atomic E-state index is 11.9. The second-order valence-electron chi connectivity index (χ2n) is 4.22. The van der Waals surface area contributed by atoms with E-state index in [-0.39, 0.29) is 29.8 Å². The van der Waals surface area contributed by atoms with Crippen LogP contribution in [-0.2, 0) is 9.53 Å². The number of rotatable bonds is 3. The Kier molecular flexibility index (Phi) is 6.17. The number of hydrogen-bond donors (Lipinski definition) is 2. The molecule has 0 spiro atoms. The summed E-state index contributed by atoms with van der Waals surface area (Å²) in [5, 5.41) is 2.93. The van der Waals surface area contributed by atoms with E-state index in [0.29, 0.717) is 19.8 Å². The van der Waals surface area contributed by atoms with Gasteiger partial charge >= 0.3 is 0 Å². The molecular formula is C10H21ClN2O2. The van der Waals surface area contributed by atoms with Gasteiger partial charge in [0, 0.05) is 25.8 Å². The summed E-state index contributed by atoms with van der Waals surface area (Å²) >= 11 is 0. The number of nitrogens with two attached hydrogens (primary N) is 1. The minimum absolute atomic E-state index is 0. The van der Waals surface area contributed by atoms with Crippen LogP contribution in [0.15, 0.2) is 0 Å². The maximum Gasteiger partial charge on any atom is 0.227 e. The van der Waals surface area contributed by atoms with E-state index in [0.717, 1.165) is 12.8 Å². The van der Waals surface area contributed by atoms with Crippen LogP contribution in [0.2, 0.25) is 0 Å². The summed E-state index contributed by atoms with van der Waals surface area (Å²) in [4.78, 5) is 11.9. The van der Waals surface area contributed by atoms with E-state index in [1.165, 1.54) is 0 Å². The molecule has 15 heavy (non-hydrogen) atoms. The summed E-state index contributed by atoms with van der Waals surface area (Å²) in [5.74, 6) is 0.0818. The van der Waals surface area contributed by atoms with Gasteiger partial charge in [-0.1, -0.05) is 0 Å². The predicted octanol–water partition coefficient (Wildman–Crippen LogP) is 0.688. The molecule has 0 aromatic carbocycles. The molecular weight excluding hydrogens is 216 g/mol. The van der Waals surface area contributed by atoms with Crippen LogP contribution in [0.4, 0.5) is 0 Å². The zero-order valence-corrected chi connectivity index (χ0v) is 10.2. The highest BCUT2D eigenvalue weighted by atomic mass is 35.5. The van der Waals surface area contributed by atoms with Crippen molar-refractivity contribution in [2.45, 2.75) is 32.7 Å². The highest BCUT2D eigenvalue weighted by Crippen LogP contribution is 2.29. The van der Waals surface area contributed by atoms with Crippen LogP contribution in [0.3, 0.4) is 0 Å². The Morgan fingerprint density at radius 1 is 1.47 bits per heavy atom. The molecule has 1 aliphatic rings. The van der Waals surface area contributed by atoms with Crippen LogP contribution in [0.5, 0.6) is 0 Å². The van der Waals surface area contributed by atoms with Crippen molar-refractivity contribution in [3.8, 4) is 0 Å². The lowest BCUT2D eigenvalue weighted by molar-refractivity contribution is -0.136. The van der Waals surface area contributed by atoms with Gasteiger partial charge in [0.1, 0.15) is 0 Å². The average Bonchev–Trinajstić information content (AvgIpc) is 2.18. The number of hydrogen-bond acceptors (Lipinski definition) is 3. The lowest BCUT2D eigenvalue weighted by Crippen LogP contribution is -2.50. The Morgan fingerprint density at radius 2 is 2.00 bits per heavy atom. The molecule has 1 heterocycles. The smallest absolute Gasteiger partial charge is 0.227 e. The highest BCUT2D eigenvalue weighted by molar-refractivity contribution is 5.85. The molecule has 1 aliphatic heterocycles. The van der Waals surface area contributed by atoms with E-state index >= 15 is 0 Å². The first-order valence-electron chi connectivity index (χ1n) is 5.19. The van der Waals surface area contributed by atoms with Crippen molar-refractivity contribution in [3.63, 3.8) is 0 Å². The Morgan fingerprint density at radius 3 is 2.40 bits per heavy atom. The molecule has 1 rings (SSSR count). The minimum Gasteiger partial charge on any atom is -0.381 e. The Balaban J connectivity index is 0.00000196. The van der Waals surface area contributed by atoms with E-state index in [4.69, 9.17) is 10.5 Å². The molecule has 4 nitrogen and oxygen atoms in total. The predicted molar refractivity (Wildman–Crippen MR) is 62.1 cm³/mol. The van der Waals surface area contributed by atoms with Gasteiger partial charge in [0.05, 0.1) is 5.41 Å². The highest BCUT2D eigenvalue weighted by Gasteiger charge is 2.38. The summed E-state index contributed by atoms with van der Waals surface area (Å²) in [5.41, 5.74) is 5.31. The van der Waals surface area contributed by atoms with Crippen molar-refractivity contribution >= 4 is 18.3 Å². The van der Waals surface area contributed by atoms with Gasteiger partial charge in [-0.15, -0.1) is 12.4 Å².